The van der Waals surface area contributed by atoms with Crippen LogP contribution in [0.4, 0.5) is 5.13 Å². The average molecular weight is 340 g/mol. The van der Waals surface area contributed by atoms with E-state index in [9.17, 15) is 9.59 Å². The molecule has 22 heavy (non-hydrogen) atoms. The molecule has 8 heteroatoms. The molecular formula is C14H14ClN3O3S. The van der Waals surface area contributed by atoms with E-state index < -0.39 is 0 Å². The normalized spacial score (nSPS) is 10.3. The lowest BCUT2D eigenvalue weighted by Crippen LogP contribution is -2.14. The molecule has 0 spiro atoms. The Labute approximate surface area is 136 Å². The third-order valence-corrected chi connectivity index (χ3v) is 3.61. The van der Waals surface area contributed by atoms with E-state index in [0.29, 0.717) is 22.6 Å². The molecule has 0 atom stereocenters. The molecule has 0 aliphatic carbocycles. The van der Waals surface area contributed by atoms with E-state index >= 15 is 0 Å². The van der Waals surface area contributed by atoms with Crippen LogP contribution >= 0.6 is 22.9 Å². The van der Waals surface area contributed by atoms with Gasteiger partial charge in [0.05, 0.1) is 25.1 Å². The fraction of sp³-hybridized carbons (Fsp3) is 0.286. The summed E-state index contributed by atoms with van der Waals surface area (Å²) in [5.41, 5.74) is 1.33. The number of thiazole rings is 1. The number of carbonyl (C=O) groups is 2. The van der Waals surface area contributed by atoms with Crippen molar-refractivity contribution in [1.82, 2.24) is 9.97 Å². The molecule has 0 saturated carbocycles. The first-order chi connectivity index (χ1) is 10.6. The number of hydrogen-bond acceptors (Lipinski definition) is 6. The van der Waals surface area contributed by atoms with Crippen LogP contribution in [-0.2, 0) is 27.2 Å². The number of rotatable bonds is 6. The van der Waals surface area contributed by atoms with E-state index in [-0.39, 0.29) is 24.7 Å². The first-order valence-electron chi connectivity index (χ1n) is 6.57. The molecule has 0 aromatic carbocycles. The maximum Gasteiger partial charge on any atom is 0.311 e. The number of halogens is 1. The summed E-state index contributed by atoms with van der Waals surface area (Å²) < 4.78 is 4.85. The van der Waals surface area contributed by atoms with Gasteiger partial charge in [-0.05, 0) is 18.6 Å². The Balaban J connectivity index is 1.88. The largest absolute Gasteiger partial charge is 0.466 e. The van der Waals surface area contributed by atoms with Crippen LogP contribution < -0.4 is 5.32 Å². The minimum atomic E-state index is -0.335. The molecular weight excluding hydrogens is 326 g/mol. The second-order valence-corrected chi connectivity index (χ2v) is 5.59. The van der Waals surface area contributed by atoms with E-state index in [2.05, 4.69) is 15.3 Å². The number of esters is 1. The van der Waals surface area contributed by atoms with Gasteiger partial charge in [0.2, 0.25) is 5.91 Å². The van der Waals surface area contributed by atoms with Crippen LogP contribution in [0, 0.1) is 0 Å². The van der Waals surface area contributed by atoms with Gasteiger partial charge < -0.3 is 10.1 Å². The minimum Gasteiger partial charge on any atom is -0.466 e. The van der Waals surface area contributed by atoms with E-state index in [4.69, 9.17) is 16.3 Å². The topological polar surface area (TPSA) is 81.2 Å². The summed E-state index contributed by atoms with van der Waals surface area (Å²) in [5.74, 6) is -0.543. The van der Waals surface area contributed by atoms with Crippen molar-refractivity contribution < 1.29 is 14.3 Å². The molecule has 116 valence electrons. The summed E-state index contributed by atoms with van der Waals surface area (Å²) in [4.78, 5) is 31.3. The van der Waals surface area contributed by atoms with Crippen LogP contribution in [0.2, 0.25) is 5.15 Å². The van der Waals surface area contributed by atoms with Crippen LogP contribution in [0.15, 0.2) is 23.7 Å². The summed E-state index contributed by atoms with van der Waals surface area (Å²) in [5, 5.41) is 5.24. The lowest BCUT2D eigenvalue weighted by molar-refractivity contribution is -0.142. The zero-order valence-electron chi connectivity index (χ0n) is 11.8. The fourth-order valence-corrected chi connectivity index (χ4v) is 2.50. The number of carbonyl (C=O) groups excluding carboxylic acids is 2. The van der Waals surface area contributed by atoms with E-state index in [1.54, 1.807) is 30.6 Å². The highest BCUT2D eigenvalue weighted by Gasteiger charge is 2.11. The van der Waals surface area contributed by atoms with Gasteiger partial charge in [0.15, 0.2) is 5.13 Å². The lowest BCUT2D eigenvalue weighted by Gasteiger charge is -2.02. The van der Waals surface area contributed by atoms with Gasteiger partial charge in [-0.15, -0.1) is 11.3 Å². The van der Waals surface area contributed by atoms with Gasteiger partial charge in [-0.25, -0.2) is 9.97 Å². The number of nitrogens with zero attached hydrogens (tertiary/aromatic N) is 2. The zero-order chi connectivity index (χ0) is 15.9. The van der Waals surface area contributed by atoms with Crippen molar-refractivity contribution in [1.29, 1.82) is 0 Å². The molecule has 0 radical (unpaired) electrons. The van der Waals surface area contributed by atoms with E-state index in [0.717, 1.165) is 5.56 Å². The first-order valence-corrected chi connectivity index (χ1v) is 7.83. The van der Waals surface area contributed by atoms with Crippen LogP contribution in [0.1, 0.15) is 18.2 Å². The first kappa shape index (κ1) is 16.4. The van der Waals surface area contributed by atoms with E-state index in [1.165, 1.54) is 11.3 Å². The number of anilines is 1. The number of nitrogens with one attached hydrogen (secondary N) is 1. The fourth-order valence-electron chi connectivity index (χ4n) is 1.67. The number of ether oxygens (including phenoxy) is 1. The molecule has 0 saturated heterocycles. The Morgan fingerprint density at radius 1 is 1.36 bits per heavy atom. The Bertz CT molecular complexity index is 658. The highest BCUT2D eigenvalue weighted by molar-refractivity contribution is 7.13. The zero-order valence-corrected chi connectivity index (χ0v) is 13.4. The van der Waals surface area contributed by atoms with Crippen molar-refractivity contribution in [2.45, 2.75) is 19.8 Å². The second-order valence-electron chi connectivity index (χ2n) is 4.34. The van der Waals surface area contributed by atoms with Gasteiger partial charge in [0, 0.05) is 11.6 Å². The lowest BCUT2D eigenvalue weighted by atomic mass is 10.2. The van der Waals surface area contributed by atoms with Gasteiger partial charge in [-0.2, -0.15) is 0 Å². The average Bonchev–Trinajstić information content (AvgIpc) is 2.88. The molecule has 0 bridgehead atoms. The smallest absolute Gasteiger partial charge is 0.311 e. The van der Waals surface area contributed by atoms with Gasteiger partial charge in [-0.1, -0.05) is 17.7 Å². The monoisotopic (exact) mass is 339 g/mol. The maximum absolute atomic E-state index is 11.9. The predicted molar refractivity (Wildman–Crippen MR) is 84.0 cm³/mol. The summed E-state index contributed by atoms with van der Waals surface area (Å²) >= 11 is 6.95. The molecule has 6 nitrogen and oxygen atoms in total. The van der Waals surface area contributed by atoms with E-state index in [1.807, 2.05) is 0 Å². The van der Waals surface area contributed by atoms with Crippen molar-refractivity contribution >= 4 is 39.9 Å². The molecule has 0 fully saturated rings. The Hall–Kier alpha value is -1.99. The third-order valence-electron chi connectivity index (χ3n) is 2.58. The Morgan fingerprint density at radius 2 is 2.18 bits per heavy atom. The van der Waals surface area contributed by atoms with Crippen molar-refractivity contribution in [3.05, 3.63) is 40.1 Å². The molecule has 1 N–H and O–H groups in total. The van der Waals surface area contributed by atoms with Crippen molar-refractivity contribution in [2.24, 2.45) is 0 Å². The quantitative estimate of drug-likeness (QED) is 0.646. The molecule has 2 rings (SSSR count). The maximum atomic E-state index is 11.9. The Kier molecular flexibility index (Phi) is 5.85. The summed E-state index contributed by atoms with van der Waals surface area (Å²) in [7, 11) is 0. The molecule has 0 unspecified atom stereocenters. The predicted octanol–water partition coefficient (Wildman–Crippen LogP) is 2.48. The SMILES string of the molecule is CCOC(=O)Cc1csc(NC(=O)Cc2ccc(Cl)nc2)n1. The molecule has 2 aromatic heterocycles. The Morgan fingerprint density at radius 3 is 2.86 bits per heavy atom. The number of aromatic nitrogens is 2. The number of pyridine rings is 1. The summed E-state index contributed by atoms with van der Waals surface area (Å²) in [6.45, 7) is 2.08. The summed E-state index contributed by atoms with van der Waals surface area (Å²) in [6, 6.07) is 3.37. The van der Waals surface area contributed by atoms with Crippen molar-refractivity contribution in [2.75, 3.05) is 11.9 Å². The molecule has 2 heterocycles. The molecule has 1 amide bonds. The van der Waals surface area contributed by atoms with Crippen LogP contribution in [0.5, 0.6) is 0 Å². The van der Waals surface area contributed by atoms with Gasteiger partial charge in [0.25, 0.3) is 0 Å². The molecule has 0 aliphatic rings. The van der Waals surface area contributed by atoms with Gasteiger partial charge >= 0.3 is 5.97 Å². The standard InChI is InChI=1S/C14H14ClN3O3S/c1-2-21-13(20)6-10-8-22-14(17-10)18-12(19)5-9-3-4-11(15)16-7-9/h3-4,7-8H,2,5-6H2,1H3,(H,17,18,19). The van der Waals surface area contributed by atoms with Crippen LogP contribution in [0.3, 0.4) is 0 Å². The highest BCUT2D eigenvalue weighted by atomic mass is 35.5. The van der Waals surface area contributed by atoms with Crippen LogP contribution in [0.25, 0.3) is 0 Å². The van der Waals surface area contributed by atoms with Crippen LogP contribution in [-0.4, -0.2) is 28.5 Å². The number of hydrogen-bond donors (Lipinski definition) is 1. The summed E-state index contributed by atoms with van der Waals surface area (Å²) in [6.07, 6.45) is 1.83. The van der Waals surface area contributed by atoms with Crippen molar-refractivity contribution in [3.63, 3.8) is 0 Å². The van der Waals surface area contributed by atoms with Crippen molar-refractivity contribution in [3.8, 4) is 0 Å². The van der Waals surface area contributed by atoms with Gasteiger partial charge in [0.1, 0.15) is 5.15 Å². The molecule has 2 aromatic rings. The highest BCUT2D eigenvalue weighted by Crippen LogP contribution is 2.16. The third kappa shape index (κ3) is 5.09. The molecule has 0 aliphatic heterocycles. The minimum absolute atomic E-state index is 0.0985. The second kappa shape index (κ2) is 7.86. The number of amides is 1. The van der Waals surface area contributed by atoms with Gasteiger partial charge in [-0.3, -0.25) is 9.59 Å².